The number of carbonyl (C=O) groups is 1. The fourth-order valence-electron chi connectivity index (χ4n) is 1.87. The van der Waals surface area contributed by atoms with Gasteiger partial charge in [0.15, 0.2) is 17.6 Å². The molecule has 0 aliphatic carbocycles. The van der Waals surface area contributed by atoms with E-state index in [1.165, 1.54) is 12.3 Å². The Morgan fingerprint density at radius 3 is 2.95 bits per heavy atom. The number of halogens is 1. The molecular weight excluding hydrogens is 318 g/mol. The topological polar surface area (TPSA) is 100 Å². The van der Waals surface area contributed by atoms with Gasteiger partial charge in [-0.25, -0.2) is 14.5 Å². The van der Waals surface area contributed by atoms with E-state index >= 15 is 0 Å². The molecular formula is C12H10ClN3O4S. The zero-order valence-corrected chi connectivity index (χ0v) is 12.2. The van der Waals surface area contributed by atoms with E-state index < -0.39 is 17.1 Å². The summed E-state index contributed by atoms with van der Waals surface area (Å²) in [6.07, 6.45) is 1.29. The maximum absolute atomic E-state index is 11.3. The van der Waals surface area contributed by atoms with Crippen LogP contribution in [0.5, 0.6) is 5.88 Å². The van der Waals surface area contributed by atoms with Crippen LogP contribution >= 0.6 is 11.6 Å². The summed E-state index contributed by atoms with van der Waals surface area (Å²) < 4.78 is 17.6. The van der Waals surface area contributed by atoms with E-state index in [1.807, 2.05) is 0 Å². The minimum Gasteiger partial charge on any atom is -0.616 e. The van der Waals surface area contributed by atoms with Gasteiger partial charge in [0.1, 0.15) is 11.5 Å². The van der Waals surface area contributed by atoms with Crippen molar-refractivity contribution in [1.82, 2.24) is 14.8 Å². The quantitative estimate of drug-likeness (QED) is 0.845. The third-order valence-corrected chi connectivity index (χ3v) is 4.66. The predicted octanol–water partition coefficient (Wildman–Crippen LogP) is 1.13. The molecule has 0 amide bonds. The Labute approximate surface area is 127 Å². The summed E-state index contributed by atoms with van der Waals surface area (Å²) >= 11 is 5.16. The van der Waals surface area contributed by atoms with E-state index in [1.54, 1.807) is 12.1 Å². The van der Waals surface area contributed by atoms with E-state index in [4.69, 9.17) is 16.3 Å². The molecule has 3 heterocycles. The summed E-state index contributed by atoms with van der Waals surface area (Å²) in [4.78, 5) is 15.3. The Bertz CT molecular complexity index is 687. The highest BCUT2D eigenvalue weighted by atomic mass is 35.5. The van der Waals surface area contributed by atoms with Crippen molar-refractivity contribution in [2.45, 2.75) is 6.10 Å². The molecule has 0 spiro atoms. The molecule has 1 N–H and O–H groups in total. The van der Waals surface area contributed by atoms with Crippen molar-refractivity contribution in [1.29, 1.82) is 0 Å². The second-order valence-corrected chi connectivity index (χ2v) is 6.36. The monoisotopic (exact) mass is 327 g/mol. The first kappa shape index (κ1) is 14.2. The molecule has 110 valence electrons. The lowest BCUT2D eigenvalue weighted by atomic mass is 10.4. The number of ether oxygens (including phenoxy) is 1. The van der Waals surface area contributed by atoms with E-state index in [9.17, 15) is 14.5 Å². The molecule has 3 rings (SSSR count). The van der Waals surface area contributed by atoms with Crippen molar-refractivity contribution in [3.63, 3.8) is 0 Å². The van der Waals surface area contributed by atoms with Crippen molar-refractivity contribution in [2.75, 3.05) is 11.5 Å². The highest BCUT2D eigenvalue weighted by Gasteiger charge is 2.34. The molecule has 1 saturated heterocycles. The number of hydrogen-bond acceptors (Lipinski definition) is 5. The van der Waals surface area contributed by atoms with Crippen LogP contribution in [0.2, 0.25) is 5.02 Å². The Morgan fingerprint density at radius 2 is 2.33 bits per heavy atom. The second kappa shape index (κ2) is 5.55. The van der Waals surface area contributed by atoms with Gasteiger partial charge in [-0.1, -0.05) is 11.6 Å². The van der Waals surface area contributed by atoms with Crippen molar-refractivity contribution < 1.29 is 19.2 Å². The molecule has 7 nitrogen and oxygen atoms in total. The van der Waals surface area contributed by atoms with Crippen LogP contribution in [-0.4, -0.2) is 48.0 Å². The summed E-state index contributed by atoms with van der Waals surface area (Å²) in [6, 6.07) is 4.53. The van der Waals surface area contributed by atoms with Gasteiger partial charge in [-0.05, 0) is 23.3 Å². The van der Waals surface area contributed by atoms with Crippen molar-refractivity contribution in [2.24, 2.45) is 0 Å². The molecule has 1 aliphatic rings. The molecule has 2 aromatic heterocycles. The van der Waals surface area contributed by atoms with Gasteiger partial charge in [-0.2, -0.15) is 0 Å². The Morgan fingerprint density at radius 1 is 1.57 bits per heavy atom. The van der Waals surface area contributed by atoms with Crippen LogP contribution in [0.4, 0.5) is 0 Å². The van der Waals surface area contributed by atoms with Crippen molar-refractivity contribution in [3.8, 4) is 11.7 Å². The molecule has 21 heavy (non-hydrogen) atoms. The first-order valence-corrected chi connectivity index (χ1v) is 7.87. The molecule has 1 aliphatic heterocycles. The van der Waals surface area contributed by atoms with Crippen LogP contribution in [0.1, 0.15) is 10.5 Å². The molecule has 0 radical (unpaired) electrons. The number of pyridine rings is 1. The first-order valence-electron chi connectivity index (χ1n) is 6.00. The lowest BCUT2D eigenvalue weighted by molar-refractivity contribution is 0.0686. The normalized spacial score (nSPS) is 20.9. The van der Waals surface area contributed by atoms with Crippen LogP contribution in [0.15, 0.2) is 24.4 Å². The molecule has 0 atom stereocenters. The number of hydrogen-bond donors (Lipinski definition) is 1. The molecule has 2 aromatic rings. The fraction of sp³-hybridized carbons (Fsp3) is 0.250. The Balaban J connectivity index is 1.94. The zero-order valence-electron chi connectivity index (χ0n) is 10.6. The maximum atomic E-state index is 11.3. The van der Waals surface area contributed by atoms with E-state index in [0.29, 0.717) is 11.5 Å². The number of aromatic nitrogens is 3. The van der Waals surface area contributed by atoms with Gasteiger partial charge in [0.25, 0.3) is 0 Å². The standard InChI is InChI=1S/C12H10ClN3O4S/c13-8-2-1-3-14-11(8)16-9(12(17)18)4-10(15-16)20-7-5-21(19)6-7/h1-4,7H,5-6H2,(H,17,18). The smallest absolute Gasteiger partial charge is 0.354 e. The average molecular weight is 328 g/mol. The summed E-state index contributed by atoms with van der Waals surface area (Å²) in [7, 11) is 0. The zero-order chi connectivity index (χ0) is 15.0. The van der Waals surface area contributed by atoms with Crippen LogP contribution in [0.3, 0.4) is 0 Å². The largest absolute Gasteiger partial charge is 0.616 e. The molecule has 0 saturated carbocycles. The van der Waals surface area contributed by atoms with Crippen LogP contribution < -0.4 is 4.74 Å². The highest BCUT2D eigenvalue weighted by molar-refractivity contribution is 7.92. The number of carboxylic acids is 1. The van der Waals surface area contributed by atoms with E-state index in [0.717, 1.165) is 4.68 Å². The maximum Gasteiger partial charge on any atom is 0.354 e. The lowest BCUT2D eigenvalue weighted by Gasteiger charge is -2.27. The third kappa shape index (κ3) is 2.82. The van der Waals surface area contributed by atoms with E-state index in [-0.39, 0.29) is 28.5 Å². The lowest BCUT2D eigenvalue weighted by Crippen LogP contribution is -2.45. The van der Waals surface area contributed by atoms with Crippen molar-refractivity contribution in [3.05, 3.63) is 35.1 Å². The Kier molecular flexibility index (Phi) is 3.75. The SMILES string of the molecule is O=C(O)c1cc(OC2C[S+]([O-])C2)nn1-c1ncccc1Cl. The van der Waals surface area contributed by atoms with Gasteiger partial charge >= 0.3 is 5.97 Å². The minimum absolute atomic E-state index is 0.106. The van der Waals surface area contributed by atoms with Crippen LogP contribution in [0, 0.1) is 0 Å². The van der Waals surface area contributed by atoms with Crippen LogP contribution in [-0.2, 0) is 11.2 Å². The predicted molar refractivity (Wildman–Crippen MR) is 75.6 cm³/mol. The van der Waals surface area contributed by atoms with E-state index in [2.05, 4.69) is 10.1 Å². The van der Waals surface area contributed by atoms with Gasteiger partial charge in [-0.15, -0.1) is 5.10 Å². The number of rotatable bonds is 4. The Hall–Kier alpha value is -1.77. The van der Waals surface area contributed by atoms with Crippen molar-refractivity contribution >= 4 is 28.7 Å². The van der Waals surface area contributed by atoms with Gasteiger partial charge in [0, 0.05) is 12.3 Å². The van der Waals surface area contributed by atoms with Crippen LogP contribution in [0.25, 0.3) is 5.82 Å². The first-order chi connectivity index (χ1) is 10.0. The van der Waals surface area contributed by atoms with Gasteiger partial charge < -0.3 is 14.4 Å². The van der Waals surface area contributed by atoms with Gasteiger partial charge in [0.2, 0.25) is 5.88 Å². The molecule has 0 bridgehead atoms. The summed E-state index contributed by atoms with van der Waals surface area (Å²) in [6.45, 7) is 0. The second-order valence-electron chi connectivity index (χ2n) is 4.41. The number of carboxylic acid groups (broad SMARTS) is 1. The molecule has 9 heteroatoms. The van der Waals surface area contributed by atoms with Gasteiger partial charge in [-0.3, -0.25) is 0 Å². The number of aromatic carboxylic acids is 1. The molecule has 0 unspecified atom stereocenters. The molecule has 1 fully saturated rings. The summed E-state index contributed by atoms with van der Waals surface area (Å²) in [5.74, 6) is 0.0508. The molecule has 0 aromatic carbocycles. The average Bonchev–Trinajstić information content (AvgIpc) is 2.81. The summed E-state index contributed by atoms with van der Waals surface area (Å²) in [5, 5.41) is 13.6. The fourth-order valence-corrected chi connectivity index (χ4v) is 2.94. The number of nitrogens with zero attached hydrogens (tertiary/aromatic N) is 3. The minimum atomic E-state index is -1.17. The van der Waals surface area contributed by atoms with Gasteiger partial charge in [0.05, 0.1) is 5.02 Å². The highest BCUT2D eigenvalue weighted by Crippen LogP contribution is 2.24. The third-order valence-electron chi connectivity index (χ3n) is 2.88. The summed E-state index contributed by atoms with van der Waals surface area (Å²) in [5.41, 5.74) is -0.106.